The maximum atomic E-state index is 11.8. The van der Waals surface area contributed by atoms with Crippen LogP contribution < -0.4 is 10.6 Å². The maximum absolute atomic E-state index is 11.8. The number of carbonyl (C=O) groups excluding carboxylic acids is 1. The molecular formula is C18H28N4OS. The predicted octanol–water partition coefficient (Wildman–Crippen LogP) is 2.29. The molecule has 0 radical (unpaired) electrons. The Hall–Kier alpha value is -1.95. The Morgan fingerprint density at radius 3 is 2.71 bits per heavy atom. The molecule has 0 bridgehead atoms. The molecule has 0 saturated heterocycles. The smallest absolute Gasteiger partial charge is 0.243 e. The van der Waals surface area contributed by atoms with Gasteiger partial charge in [-0.3, -0.25) is 4.79 Å². The standard InChI is InChI=1S/C18H28N4OS/c1-5-12-24-13-11-19-18(20-14-17(23)22(3)4)21-15(2)16-9-7-6-8-10-16/h5-10,15H,1,11-14H2,2-4H3,(H2,19,20,21). The monoisotopic (exact) mass is 348 g/mol. The van der Waals surface area contributed by atoms with Crippen molar-refractivity contribution < 1.29 is 4.79 Å². The van der Waals surface area contributed by atoms with E-state index in [1.807, 2.05) is 24.3 Å². The van der Waals surface area contributed by atoms with Crippen LogP contribution >= 0.6 is 11.8 Å². The first-order valence-corrected chi connectivity index (χ1v) is 9.18. The molecule has 5 nitrogen and oxygen atoms in total. The largest absolute Gasteiger partial charge is 0.356 e. The highest BCUT2D eigenvalue weighted by Gasteiger charge is 2.09. The minimum Gasteiger partial charge on any atom is -0.356 e. The Balaban J connectivity index is 2.63. The molecule has 0 aliphatic rings. The molecule has 0 aliphatic heterocycles. The van der Waals surface area contributed by atoms with Crippen LogP contribution in [0.3, 0.4) is 0 Å². The van der Waals surface area contributed by atoms with Gasteiger partial charge in [-0.2, -0.15) is 11.8 Å². The van der Waals surface area contributed by atoms with Crippen molar-refractivity contribution >= 4 is 23.6 Å². The highest BCUT2D eigenvalue weighted by molar-refractivity contribution is 7.99. The van der Waals surface area contributed by atoms with Crippen LogP contribution in [-0.4, -0.2) is 55.5 Å². The Kier molecular flexibility index (Phi) is 9.68. The van der Waals surface area contributed by atoms with E-state index in [1.54, 1.807) is 30.8 Å². The van der Waals surface area contributed by atoms with E-state index in [2.05, 4.69) is 41.3 Å². The van der Waals surface area contributed by atoms with Crippen molar-refractivity contribution in [2.75, 3.05) is 38.7 Å². The predicted molar refractivity (Wildman–Crippen MR) is 105 cm³/mol. The summed E-state index contributed by atoms with van der Waals surface area (Å²) in [6, 6.07) is 10.3. The zero-order valence-electron chi connectivity index (χ0n) is 14.8. The lowest BCUT2D eigenvalue weighted by atomic mass is 10.1. The molecule has 0 aromatic heterocycles. The highest BCUT2D eigenvalue weighted by Crippen LogP contribution is 2.10. The van der Waals surface area contributed by atoms with Crippen molar-refractivity contribution in [3.63, 3.8) is 0 Å². The number of hydrogen-bond donors (Lipinski definition) is 2. The molecule has 1 amide bonds. The number of nitrogens with one attached hydrogen (secondary N) is 2. The molecular weight excluding hydrogens is 320 g/mol. The molecule has 0 heterocycles. The van der Waals surface area contributed by atoms with Crippen molar-refractivity contribution in [1.29, 1.82) is 0 Å². The van der Waals surface area contributed by atoms with Gasteiger partial charge in [-0.05, 0) is 12.5 Å². The van der Waals surface area contributed by atoms with Gasteiger partial charge in [0.05, 0.1) is 6.04 Å². The highest BCUT2D eigenvalue weighted by atomic mass is 32.2. The van der Waals surface area contributed by atoms with Gasteiger partial charge in [0.2, 0.25) is 5.91 Å². The number of rotatable bonds is 9. The summed E-state index contributed by atoms with van der Waals surface area (Å²) in [4.78, 5) is 17.7. The number of hydrogen-bond acceptors (Lipinski definition) is 3. The van der Waals surface area contributed by atoms with E-state index in [9.17, 15) is 4.79 Å². The van der Waals surface area contributed by atoms with Crippen LogP contribution in [0.1, 0.15) is 18.5 Å². The number of thioether (sulfide) groups is 1. The zero-order chi connectivity index (χ0) is 17.8. The summed E-state index contributed by atoms with van der Waals surface area (Å²) in [6.45, 7) is 6.70. The minimum absolute atomic E-state index is 0.0236. The van der Waals surface area contributed by atoms with Crippen LogP contribution in [0.15, 0.2) is 48.0 Å². The first kappa shape index (κ1) is 20.1. The fourth-order valence-electron chi connectivity index (χ4n) is 1.88. The summed E-state index contributed by atoms with van der Waals surface area (Å²) >= 11 is 1.80. The molecule has 0 aliphatic carbocycles. The van der Waals surface area contributed by atoms with E-state index in [4.69, 9.17) is 0 Å². The van der Waals surface area contributed by atoms with E-state index in [1.165, 1.54) is 5.56 Å². The molecule has 1 rings (SSSR count). The number of likely N-dealkylation sites (N-methyl/N-ethyl adjacent to an activating group) is 1. The van der Waals surface area contributed by atoms with Gasteiger partial charge in [0.25, 0.3) is 0 Å². The lowest BCUT2D eigenvalue weighted by Gasteiger charge is -2.19. The number of amides is 1. The van der Waals surface area contributed by atoms with Crippen molar-refractivity contribution in [1.82, 2.24) is 15.5 Å². The quantitative estimate of drug-likeness (QED) is 0.311. The van der Waals surface area contributed by atoms with Crippen LogP contribution in [0.5, 0.6) is 0 Å². The van der Waals surface area contributed by atoms with Crippen molar-refractivity contribution in [2.45, 2.75) is 13.0 Å². The minimum atomic E-state index is -0.0236. The van der Waals surface area contributed by atoms with Crippen molar-refractivity contribution in [3.8, 4) is 0 Å². The lowest BCUT2D eigenvalue weighted by Crippen LogP contribution is -2.40. The number of benzene rings is 1. The van der Waals surface area contributed by atoms with Gasteiger partial charge in [0.1, 0.15) is 6.54 Å². The average Bonchev–Trinajstić information content (AvgIpc) is 2.59. The lowest BCUT2D eigenvalue weighted by molar-refractivity contribution is -0.127. The molecule has 1 atom stereocenters. The first-order chi connectivity index (χ1) is 11.5. The Bertz CT molecular complexity index is 531. The fourth-order valence-corrected chi connectivity index (χ4v) is 2.46. The Morgan fingerprint density at radius 2 is 2.08 bits per heavy atom. The molecule has 2 N–H and O–H groups in total. The molecule has 1 unspecified atom stereocenters. The summed E-state index contributed by atoms with van der Waals surface area (Å²) in [7, 11) is 3.47. The molecule has 132 valence electrons. The SMILES string of the molecule is C=CCSCCNC(=NCC(=O)N(C)C)NC(C)c1ccccc1. The van der Waals surface area contributed by atoms with Gasteiger partial charge in [-0.1, -0.05) is 36.4 Å². The van der Waals surface area contributed by atoms with Crippen molar-refractivity contribution in [2.24, 2.45) is 4.99 Å². The Labute approximate surface area is 149 Å². The number of carbonyl (C=O) groups is 1. The van der Waals surface area contributed by atoms with Gasteiger partial charge in [0.15, 0.2) is 5.96 Å². The number of aliphatic imine (C=N–C) groups is 1. The van der Waals surface area contributed by atoms with Crippen LogP contribution in [0.2, 0.25) is 0 Å². The van der Waals surface area contributed by atoms with Gasteiger partial charge < -0.3 is 15.5 Å². The second-order valence-electron chi connectivity index (χ2n) is 5.52. The van der Waals surface area contributed by atoms with Gasteiger partial charge in [-0.25, -0.2) is 4.99 Å². The molecule has 6 heteroatoms. The number of nitrogens with zero attached hydrogens (tertiary/aromatic N) is 2. The van der Waals surface area contributed by atoms with E-state index in [0.29, 0.717) is 5.96 Å². The molecule has 0 saturated carbocycles. The van der Waals surface area contributed by atoms with Crippen molar-refractivity contribution in [3.05, 3.63) is 48.6 Å². The third-order valence-corrected chi connectivity index (χ3v) is 4.26. The zero-order valence-corrected chi connectivity index (χ0v) is 15.6. The van der Waals surface area contributed by atoms with Gasteiger partial charge in [0, 0.05) is 32.1 Å². The Morgan fingerprint density at radius 1 is 1.38 bits per heavy atom. The topological polar surface area (TPSA) is 56.7 Å². The molecule has 24 heavy (non-hydrogen) atoms. The van der Waals surface area contributed by atoms with Crippen LogP contribution in [0, 0.1) is 0 Å². The third-order valence-electron chi connectivity index (χ3n) is 3.30. The van der Waals surface area contributed by atoms with Crippen LogP contribution in [0.4, 0.5) is 0 Å². The summed E-state index contributed by atoms with van der Waals surface area (Å²) in [5, 5.41) is 6.64. The first-order valence-electron chi connectivity index (χ1n) is 8.03. The van der Waals surface area contributed by atoms with E-state index >= 15 is 0 Å². The van der Waals surface area contributed by atoms with E-state index < -0.39 is 0 Å². The molecule has 0 fully saturated rings. The number of guanidine groups is 1. The second-order valence-corrected chi connectivity index (χ2v) is 6.67. The molecule has 1 aromatic rings. The van der Waals surface area contributed by atoms with Crippen LogP contribution in [0.25, 0.3) is 0 Å². The summed E-state index contributed by atoms with van der Waals surface area (Å²) in [6.07, 6.45) is 1.89. The third kappa shape index (κ3) is 8.06. The molecule has 0 spiro atoms. The average molecular weight is 349 g/mol. The fraction of sp³-hybridized carbons (Fsp3) is 0.444. The summed E-state index contributed by atoms with van der Waals surface area (Å²) < 4.78 is 0. The molecule has 1 aromatic carbocycles. The van der Waals surface area contributed by atoms with E-state index in [-0.39, 0.29) is 18.5 Å². The maximum Gasteiger partial charge on any atom is 0.243 e. The van der Waals surface area contributed by atoms with Crippen LogP contribution in [-0.2, 0) is 4.79 Å². The normalized spacial score (nSPS) is 12.4. The van der Waals surface area contributed by atoms with Gasteiger partial charge >= 0.3 is 0 Å². The second kappa shape index (κ2) is 11.6. The van der Waals surface area contributed by atoms with Gasteiger partial charge in [-0.15, -0.1) is 6.58 Å². The summed E-state index contributed by atoms with van der Waals surface area (Å²) in [5.74, 6) is 2.51. The summed E-state index contributed by atoms with van der Waals surface area (Å²) in [5.41, 5.74) is 1.17. The van der Waals surface area contributed by atoms with E-state index in [0.717, 1.165) is 18.1 Å².